The summed E-state index contributed by atoms with van der Waals surface area (Å²) in [6.07, 6.45) is 7.69. The number of amides is 1. The molecule has 1 aromatic heterocycles. The van der Waals surface area contributed by atoms with E-state index in [1.165, 1.54) is 6.07 Å². The number of carbonyl (C=O) groups excluding carboxylic acids is 1. The lowest BCUT2D eigenvalue weighted by Crippen LogP contribution is -2.52. The van der Waals surface area contributed by atoms with Crippen LogP contribution in [0.15, 0.2) is 23.1 Å². The minimum atomic E-state index is -0.921. The van der Waals surface area contributed by atoms with Crippen molar-refractivity contribution in [1.82, 2.24) is 9.88 Å². The van der Waals surface area contributed by atoms with Crippen molar-refractivity contribution >= 4 is 11.9 Å². The highest BCUT2D eigenvalue weighted by molar-refractivity contribution is 5.94. The van der Waals surface area contributed by atoms with E-state index in [2.05, 4.69) is 5.32 Å². The molecule has 1 aromatic rings. The molecule has 124 valence electrons. The number of carboxylic acids is 1. The molecule has 2 fully saturated rings. The average molecular weight is 318 g/mol. The molecular weight excluding hydrogens is 296 g/mol. The van der Waals surface area contributed by atoms with Crippen LogP contribution in [0, 0.1) is 0 Å². The number of hydrogen-bond acceptors (Lipinski definition) is 3. The van der Waals surface area contributed by atoms with Crippen LogP contribution in [0.3, 0.4) is 0 Å². The Bertz CT molecular complexity index is 669. The van der Waals surface area contributed by atoms with Crippen molar-refractivity contribution in [2.24, 2.45) is 0 Å². The Morgan fingerprint density at radius 1 is 1.26 bits per heavy atom. The number of hydrogen-bond donors (Lipinski definition) is 2. The molecule has 6 heteroatoms. The van der Waals surface area contributed by atoms with Gasteiger partial charge in [-0.25, -0.2) is 0 Å². The van der Waals surface area contributed by atoms with Crippen molar-refractivity contribution in [2.45, 2.75) is 62.9 Å². The second-order valence-electron chi connectivity index (χ2n) is 6.73. The summed E-state index contributed by atoms with van der Waals surface area (Å²) in [6, 6.07) is 3.44. The van der Waals surface area contributed by atoms with Gasteiger partial charge in [0, 0.05) is 12.2 Å². The van der Waals surface area contributed by atoms with Crippen LogP contribution in [0.25, 0.3) is 0 Å². The number of aromatic nitrogens is 1. The normalized spacial score (nSPS) is 20.0. The Morgan fingerprint density at radius 2 is 1.96 bits per heavy atom. The van der Waals surface area contributed by atoms with Crippen molar-refractivity contribution in [2.75, 3.05) is 0 Å². The number of pyridine rings is 1. The van der Waals surface area contributed by atoms with Crippen LogP contribution in [-0.2, 0) is 4.79 Å². The molecule has 0 spiro atoms. The molecule has 0 saturated heterocycles. The average Bonchev–Trinajstić information content (AvgIpc) is 3.32. The fraction of sp³-hybridized carbons (Fsp3) is 0.588. The second-order valence-corrected chi connectivity index (χ2v) is 6.73. The highest BCUT2D eigenvalue weighted by Gasteiger charge is 2.36. The molecule has 0 aliphatic heterocycles. The minimum Gasteiger partial charge on any atom is -0.481 e. The molecule has 0 unspecified atom stereocenters. The maximum absolute atomic E-state index is 12.6. The molecule has 2 aliphatic carbocycles. The standard InChI is InChI=1S/C17H22N2O4/c20-14(21)11-17(8-2-1-3-9-17)18-15(22)13-5-4-10-19(16(13)23)12-6-7-12/h4-5,10,12H,1-3,6-9,11H2,(H,18,22)(H,20,21). The molecule has 0 radical (unpaired) electrons. The predicted molar refractivity (Wildman–Crippen MR) is 84.5 cm³/mol. The fourth-order valence-corrected chi connectivity index (χ4v) is 3.50. The lowest BCUT2D eigenvalue weighted by molar-refractivity contribution is -0.139. The number of carbonyl (C=O) groups is 2. The molecule has 6 nitrogen and oxygen atoms in total. The van der Waals surface area contributed by atoms with E-state index in [1.807, 2.05) is 0 Å². The van der Waals surface area contributed by atoms with E-state index in [-0.39, 0.29) is 23.6 Å². The first-order chi connectivity index (χ1) is 11.0. The van der Waals surface area contributed by atoms with Crippen LogP contribution in [0.4, 0.5) is 0 Å². The first-order valence-electron chi connectivity index (χ1n) is 8.26. The van der Waals surface area contributed by atoms with Crippen LogP contribution < -0.4 is 10.9 Å². The number of nitrogens with zero attached hydrogens (tertiary/aromatic N) is 1. The highest BCUT2D eigenvalue weighted by atomic mass is 16.4. The molecule has 23 heavy (non-hydrogen) atoms. The molecular formula is C17H22N2O4. The molecule has 2 N–H and O–H groups in total. The SMILES string of the molecule is O=C(O)CC1(NC(=O)c2cccn(C3CC3)c2=O)CCCCC1. The molecule has 0 bridgehead atoms. The first kappa shape index (κ1) is 15.8. The number of carboxylic acid groups (broad SMARTS) is 1. The third-order valence-corrected chi connectivity index (χ3v) is 4.84. The van der Waals surface area contributed by atoms with Crippen LogP contribution in [-0.4, -0.2) is 27.1 Å². The summed E-state index contributed by atoms with van der Waals surface area (Å²) in [5, 5.41) is 12.1. The van der Waals surface area contributed by atoms with E-state index in [0.29, 0.717) is 12.8 Å². The second kappa shape index (κ2) is 6.18. The number of aliphatic carboxylic acids is 1. The minimum absolute atomic E-state index is 0.0949. The van der Waals surface area contributed by atoms with Gasteiger partial charge >= 0.3 is 5.97 Å². The summed E-state index contributed by atoms with van der Waals surface area (Å²) < 4.78 is 1.61. The van der Waals surface area contributed by atoms with E-state index < -0.39 is 17.4 Å². The quantitative estimate of drug-likeness (QED) is 0.870. The topological polar surface area (TPSA) is 88.4 Å². The summed E-state index contributed by atoms with van der Waals surface area (Å²) >= 11 is 0. The van der Waals surface area contributed by atoms with E-state index in [1.54, 1.807) is 16.8 Å². The van der Waals surface area contributed by atoms with Gasteiger partial charge in [0.1, 0.15) is 5.56 Å². The summed E-state index contributed by atoms with van der Waals surface area (Å²) in [5.74, 6) is -1.37. The Kier molecular flexibility index (Phi) is 4.24. The first-order valence-corrected chi connectivity index (χ1v) is 8.26. The van der Waals surface area contributed by atoms with Crippen molar-refractivity contribution in [3.8, 4) is 0 Å². The molecule has 0 atom stereocenters. The maximum atomic E-state index is 12.6. The van der Waals surface area contributed by atoms with E-state index in [9.17, 15) is 19.5 Å². The van der Waals surface area contributed by atoms with Gasteiger partial charge in [-0.05, 0) is 37.8 Å². The van der Waals surface area contributed by atoms with Crippen molar-refractivity contribution in [3.05, 3.63) is 34.2 Å². The van der Waals surface area contributed by atoms with Gasteiger partial charge in [-0.1, -0.05) is 19.3 Å². The van der Waals surface area contributed by atoms with Crippen molar-refractivity contribution in [1.29, 1.82) is 0 Å². The Hall–Kier alpha value is -2.11. The van der Waals surface area contributed by atoms with Gasteiger partial charge in [0.05, 0.1) is 12.0 Å². The lowest BCUT2D eigenvalue weighted by atomic mass is 9.79. The van der Waals surface area contributed by atoms with Crippen LogP contribution in [0.2, 0.25) is 0 Å². The summed E-state index contributed by atoms with van der Waals surface area (Å²) in [7, 11) is 0. The fourth-order valence-electron chi connectivity index (χ4n) is 3.50. The van der Waals surface area contributed by atoms with Gasteiger partial charge in [0.15, 0.2) is 0 Å². The summed E-state index contributed by atoms with van der Waals surface area (Å²) in [5.41, 5.74) is -0.906. The van der Waals surface area contributed by atoms with Gasteiger partial charge in [0.2, 0.25) is 0 Å². The van der Waals surface area contributed by atoms with Gasteiger partial charge in [-0.15, -0.1) is 0 Å². The molecule has 2 saturated carbocycles. The third kappa shape index (κ3) is 3.46. The van der Waals surface area contributed by atoms with E-state index in [0.717, 1.165) is 32.1 Å². The summed E-state index contributed by atoms with van der Waals surface area (Å²) in [4.78, 5) is 36.2. The largest absolute Gasteiger partial charge is 0.481 e. The zero-order valence-electron chi connectivity index (χ0n) is 13.1. The van der Waals surface area contributed by atoms with E-state index >= 15 is 0 Å². The van der Waals surface area contributed by atoms with Crippen molar-refractivity contribution < 1.29 is 14.7 Å². The molecule has 2 aliphatic rings. The third-order valence-electron chi connectivity index (χ3n) is 4.84. The van der Waals surface area contributed by atoms with E-state index in [4.69, 9.17) is 0 Å². The molecule has 1 amide bonds. The monoisotopic (exact) mass is 318 g/mol. The van der Waals surface area contributed by atoms with Crippen LogP contribution in [0.1, 0.15) is 67.8 Å². The highest BCUT2D eigenvalue weighted by Crippen LogP contribution is 2.33. The Morgan fingerprint density at radius 3 is 2.57 bits per heavy atom. The van der Waals surface area contributed by atoms with Gasteiger partial charge in [-0.3, -0.25) is 14.4 Å². The Balaban J connectivity index is 1.83. The zero-order chi connectivity index (χ0) is 16.4. The summed E-state index contributed by atoms with van der Waals surface area (Å²) in [6.45, 7) is 0. The van der Waals surface area contributed by atoms with Gasteiger partial charge < -0.3 is 15.0 Å². The van der Waals surface area contributed by atoms with Gasteiger partial charge in [0.25, 0.3) is 11.5 Å². The number of nitrogens with one attached hydrogen (secondary N) is 1. The number of rotatable bonds is 5. The van der Waals surface area contributed by atoms with Crippen molar-refractivity contribution in [3.63, 3.8) is 0 Å². The molecule has 1 heterocycles. The molecule has 0 aromatic carbocycles. The molecule has 3 rings (SSSR count). The van der Waals surface area contributed by atoms with Crippen LogP contribution in [0.5, 0.6) is 0 Å². The predicted octanol–water partition coefficient (Wildman–Crippen LogP) is 2.09. The smallest absolute Gasteiger partial charge is 0.305 e. The maximum Gasteiger partial charge on any atom is 0.305 e. The lowest BCUT2D eigenvalue weighted by Gasteiger charge is -2.37. The van der Waals surface area contributed by atoms with Crippen LogP contribution >= 0.6 is 0 Å². The zero-order valence-corrected chi connectivity index (χ0v) is 13.1. The Labute approximate surface area is 134 Å². The van der Waals surface area contributed by atoms with Gasteiger partial charge in [-0.2, -0.15) is 0 Å².